The fraction of sp³-hybridized carbons (Fsp3) is 0.371. The molecular weight excluding hydrogens is 812 g/mol. The molecule has 0 spiro atoms. The van der Waals surface area contributed by atoms with Crippen LogP contribution < -0.4 is 15.5 Å². The first kappa shape index (κ1) is 45.7. The maximum atomic E-state index is 12.4. The largest absolute Gasteiger partial charge is 0.565 e. The molecule has 298 valence electrons. The first-order chi connectivity index (χ1) is 25.7. The lowest BCUT2D eigenvalue weighted by Gasteiger charge is -2.09. The average Bonchev–Trinajstić information content (AvgIpc) is 3.99. The highest BCUT2D eigenvalue weighted by Crippen LogP contribution is 2.37. The van der Waals surface area contributed by atoms with Gasteiger partial charge in [-0.15, -0.1) is 45.3 Å². The van der Waals surface area contributed by atoms with Crippen molar-refractivity contribution in [1.29, 1.82) is 0 Å². The molecule has 4 aromatic heterocycles. The summed E-state index contributed by atoms with van der Waals surface area (Å²) in [5.74, 6) is -1.15. The summed E-state index contributed by atoms with van der Waals surface area (Å²) in [5.41, 5.74) is 1.58. The third kappa shape index (κ3) is 11.9. The summed E-state index contributed by atoms with van der Waals surface area (Å²) in [6, 6.07) is 6.40. The molecule has 7 rings (SSSR count). The molecule has 5 heterocycles. The number of hydrogen-bond donors (Lipinski definition) is 3. The van der Waals surface area contributed by atoms with E-state index >= 15 is 0 Å². The number of thiophene rings is 4. The molecule has 1 fully saturated rings. The van der Waals surface area contributed by atoms with Gasteiger partial charge < -0.3 is 30.1 Å². The van der Waals surface area contributed by atoms with Gasteiger partial charge in [-0.3, -0.25) is 28.8 Å². The minimum Gasteiger partial charge on any atom is -0.565 e. The molecule has 1 unspecified atom stereocenters. The van der Waals surface area contributed by atoms with E-state index in [2.05, 4.69) is 15.3 Å². The van der Waals surface area contributed by atoms with Gasteiger partial charge in [0.05, 0.1) is 29.3 Å². The number of nitrogens with one attached hydrogen (secondary N) is 2. The van der Waals surface area contributed by atoms with Crippen molar-refractivity contribution in [3.63, 3.8) is 0 Å². The zero-order valence-electron chi connectivity index (χ0n) is 29.6. The molecule has 3 aliphatic rings. The van der Waals surface area contributed by atoms with Crippen LogP contribution in [0.4, 0.5) is 0 Å². The summed E-state index contributed by atoms with van der Waals surface area (Å²) in [4.78, 5) is 89.1. The van der Waals surface area contributed by atoms with Gasteiger partial charge in [0.25, 0.3) is 11.8 Å². The molecule has 1 saturated heterocycles. The second kappa shape index (κ2) is 21.5. The van der Waals surface area contributed by atoms with Gasteiger partial charge in [0, 0.05) is 67.7 Å². The maximum absolute atomic E-state index is 12.4. The zero-order valence-corrected chi connectivity index (χ0v) is 33.8. The minimum absolute atomic E-state index is 0. The molecule has 20 heteroatoms. The van der Waals surface area contributed by atoms with E-state index in [1.54, 1.807) is 22.9 Å². The van der Waals surface area contributed by atoms with Crippen LogP contribution in [0.15, 0.2) is 35.0 Å². The smallest absolute Gasteiger partial charge is 0.521 e. The summed E-state index contributed by atoms with van der Waals surface area (Å²) in [6.45, 7) is 4.49. The first-order valence-electron chi connectivity index (χ1n) is 16.3. The Morgan fingerprint density at radius 2 is 1.15 bits per heavy atom. The molecular formula is C35H43N4O11PS4. The monoisotopic (exact) mass is 854 g/mol. The van der Waals surface area contributed by atoms with E-state index in [1.807, 2.05) is 38.0 Å². The van der Waals surface area contributed by atoms with E-state index in [1.165, 1.54) is 47.6 Å². The van der Waals surface area contributed by atoms with Crippen molar-refractivity contribution in [2.45, 2.75) is 20.3 Å². The highest BCUT2D eigenvalue weighted by molar-refractivity contribution is 7.30. The van der Waals surface area contributed by atoms with Gasteiger partial charge in [0.1, 0.15) is 0 Å². The number of fused-ring (bicyclic) bond motifs is 4. The van der Waals surface area contributed by atoms with Crippen molar-refractivity contribution in [2.75, 3.05) is 67.6 Å². The van der Waals surface area contributed by atoms with Crippen LogP contribution in [0.2, 0.25) is 0 Å². The quantitative estimate of drug-likeness (QED) is 0.100. The lowest BCUT2D eigenvalue weighted by Crippen LogP contribution is -2.30. The Morgan fingerprint density at radius 3 is 1.45 bits per heavy atom. The lowest BCUT2D eigenvalue weighted by atomic mass is 9.95. The molecule has 55 heavy (non-hydrogen) atoms. The first-order valence-corrected chi connectivity index (χ1v) is 20.7. The Hall–Kier alpha value is -3.72. The lowest BCUT2D eigenvalue weighted by molar-refractivity contribution is -0.244. The van der Waals surface area contributed by atoms with E-state index in [9.17, 15) is 28.8 Å². The number of likely N-dealkylation sites (N-methyl/N-ethyl adjacent to an activating group) is 2. The third-order valence-corrected chi connectivity index (χ3v) is 11.9. The molecule has 1 atom stereocenters. The second-order valence-electron chi connectivity index (χ2n) is 12.1. The summed E-state index contributed by atoms with van der Waals surface area (Å²) >= 11 is 4.72. The van der Waals surface area contributed by atoms with E-state index in [4.69, 9.17) is 19.5 Å². The summed E-state index contributed by atoms with van der Waals surface area (Å²) in [7, 11) is 4.65. The molecule has 0 saturated carbocycles. The minimum atomic E-state index is -3.04. The van der Waals surface area contributed by atoms with E-state index in [0.717, 1.165) is 49.0 Å². The topological polar surface area (TPSA) is 212 Å². The highest BCUT2D eigenvalue weighted by Gasteiger charge is 2.35. The number of carbonyl (C=O) groups is 6. The van der Waals surface area contributed by atoms with Crippen LogP contribution in [0.3, 0.4) is 0 Å². The molecule has 0 aromatic carbocycles. The van der Waals surface area contributed by atoms with Crippen molar-refractivity contribution in [2.24, 2.45) is 0 Å². The molecule has 15 nitrogen and oxygen atoms in total. The third-order valence-electron chi connectivity index (χ3n) is 7.63. The fourth-order valence-corrected chi connectivity index (χ4v) is 8.81. The van der Waals surface area contributed by atoms with Gasteiger partial charge in [-0.1, -0.05) is 7.43 Å². The van der Waals surface area contributed by atoms with Crippen molar-refractivity contribution in [3.8, 4) is 0 Å². The van der Waals surface area contributed by atoms with Crippen molar-refractivity contribution in [1.82, 2.24) is 20.4 Å². The molecule has 0 bridgehead atoms. The fourth-order valence-electron chi connectivity index (χ4n) is 4.98. The second-order valence-corrected chi connectivity index (χ2v) is 16.6. The van der Waals surface area contributed by atoms with Crippen molar-refractivity contribution < 1.29 is 54.3 Å². The van der Waals surface area contributed by atoms with Crippen LogP contribution >= 0.6 is 53.6 Å². The van der Waals surface area contributed by atoms with Gasteiger partial charge in [-0.05, 0) is 80.6 Å². The number of amides is 2. The van der Waals surface area contributed by atoms with Crippen LogP contribution in [-0.2, 0) is 14.0 Å². The predicted molar refractivity (Wildman–Crippen MR) is 213 cm³/mol. The Bertz CT molecular complexity index is 1800. The van der Waals surface area contributed by atoms with Gasteiger partial charge in [-0.2, -0.15) is 0 Å². The van der Waals surface area contributed by atoms with E-state index in [-0.39, 0.29) is 43.8 Å². The average molecular weight is 855 g/mol. The number of carbonyl (C=O) groups excluding carboxylic acids is 6. The Kier molecular flexibility index (Phi) is 17.9. The van der Waals surface area contributed by atoms with Crippen molar-refractivity contribution >= 4 is 88.5 Å². The number of nitrogens with zero attached hydrogens (tertiary/aromatic N) is 2. The standard InChI is InChI=1S/2C15H14N2O3S2.C4H8O.CH4.HO4P.H2/c2*1-17(2)5-4-16-15(20)10-7-9-11(18)8-3-6-21-13(8)12(19)14(9)22-10;1-2-4-5-3-1;;1-4-5(2)3;/h2*3,6-7H,4-5H2,1-2H3,(H,16,20);1-4H2;1H4;1H;1H. The van der Waals surface area contributed by atoms with Gasteiger partial charge >= 0.3 is 8.25 Å². The summed E-state index contributed by atoms with van der Waals surface area (Å²) in [6.07, 6.45) is 2.56. The predicted octanol–water partition coefficient (Wildman–Crippen LogP) is 4.93. The molecule has 2 aliphatic carbocycles. The molecule has 4 aromatic rings. The normalized spacial score (nSPS) is 13.8. The molecule has 3 N–H and O–H groups in total. The van der Waals surface area contributed by atoms with Gasteiger partial charge in [0.2, 0.25) is 11.6 Å². The Balaban J connectivity index is 0.000000302. The van der Waals surface area contributed by atoms with Crippen LogP contribution in [0, 0.1) is 0 Å². The van der Waals surface area contributed by atoms with Crippen LogP contribution in [0.1, 0.15) is 102 Å². The zero-order chi connectivity index (χ0) is 39.5. The maximum Gasteiger partial charge on any atom is 0.521 e. The van der Waals surface area contributed by atoms with Crippen LogP contribution in [0.25, 0.3) is 0 Å². The summed E-state index contributed by atoms with van der Waals surface area (Å²) < 4.78 is 16.6. The Morgan fingerprint density at radius 1 is 0.764 bits per heavy atom. The van der Waals surface area contributed by atoms with Crippen molar-refractivity contribution in [3.05, 3.63) is 86.5 Å². The van der Waals surface area contributed by atoms with Crippen LogP contribution in [-0.4, -0.2) is 118 Å². The summed E-state index contributed by atoms with van der Waals surface area (Å²) in [5, 5.41) is 16.1. The molecule has 2 amide bonds. The number of ether oxygens (including phenoxy) is 1. The number of rotatable bonds is 9. The SMILES string of the molecule is C.C1CCOC1.CN(C)CCNC(=O)c1cc2c(s1)C(=O)c1sccc1C2=O.CN(C)CCNC(=O)c1cc2c(s1)C(=O)c1sccc1C2=O.O=[P+]([O-])OO.[HH]. The highest BCUT2D eigenvalue weighted by atomic mass is 32.1. The Labute approximate surface area is 336 Å². The van der Waals surface area contributed by atoms with Gasteiger partial charge in [-0.25, -0.2) is 5.26 Å². The van der Waals surface area contributed by atoms with Gasteiger partial charge in [0.15, 0.2) is 11.6 Å². The number of ketones is 4. The van der Waals surface area contributed by atoms with E-state index < -0.39 is 8.25 Å². The molecule has 0 radical (unpaired) electrons. The van der Waals surface area contributed by atoms with Crippen LogP contribution in [0.5, 0.6) is 0 Å². The molecule has 1 aliphatic heterocycles. The number of hydrogen-bond acceptors (Lipinski definition) is 17. The van der Waals surface area contributed by atoms with E-state index in [0.29, 0.717) is 64.6 Å².